The molecule has 0 atom stereocenters. The molecule has 108 valence electrons. The van der Waals surface area contributed by atoms with Crippen molar-refractivity contribution in [2.75, 3.05) is 6.54 Å². The first-order chi connectivity index (χ1) is 9.59. The van der Waals surface area contributed by atoms with Crippen LogP contribution in [0, 0.1) is 5.82 Å². The topological polar surface area (TPSA) is 57.6 Å². The van der Waals surface area contributed by atoms with Crippen molar-refractivity contribution in [3.8, 4) is 0 Å². The van der Waals surface area contributed by atoms with Crippen molar-refractivity contribution < 1.29 is 19.1 Å². The monoisotopic (exact) mass is 279 g/mol. The minimum Gasteiger partial charge on any atom is -0.480 e. The van der Waals surface area contributed by atoms with Crippen LogP contribution in [0.25, 0.3) is 0 Å². The molecule has 0 bridgehead atoms. The van der Waals surface area contributed by atoms with Crippen LogP contribution in [0.5, 0.6) is 0 Å². The maximum atomic E-state index is 13.7. The van der Waals surface area contributed by atoms with Crippen molar-refractivity contribution in [1.29, 1.82) is 0 Å². The predicted molar refractivity (Wildman–Crippen MR) is 71.9 cm³/mol. The lowest BCUT2D eigenvalue weighted by atomic mass is 9.93. The highest BCUT2D eigenvalue weighted by Gasteiger charge is 2.29. The molecule has 1 fully saturated rings. The average molecular weight is 279 g/mol. The summed E-state index contributed by atoms with van der Waals surface area (Å²) in [5.41, 5.74) is -0.0562. The molecule has 4 nitrogen and oxygen atoms in total. The highest BCUT2D eigenvalue weighted by atomic mass is 19.1. The predicted octanol–water partition coefficient (Wildman–Crippen LogP) is 2.69. The molecule has 0 unspecified atom stereocenters. The fourth-order valence-electron chi connectivity index (χ4n) is 2.69. The van der Waals surface area contributed by atoms with E-state index in [1.165, 1.54) is 23.1 Å². The lowest BCUT2D eigenvalue weighted by Gasteiger charge is -2.33. The van der Waals surface area contributed by atoms with Crippen molar-refractivity contribution in [2.24, 2.45) is 0 Å². The standard InChI is InChI=1S/C15H18FNO3/c16-13-9-5-4-8-12(13)15(20)17(10-14(18)19)11-6-2-1-3-7-11/h4-5,8-9,11H,1-3,6-7,10H2,(H,18,19). The molecule has 0 heterocycles. The molecule has 1 aliphatic carbocycles. The molecule has 0 aromatic heterocycles. The molecule has 1 amide bonds. The average Bonchev–Trinajstić information content (AvgIpc) is 2.45. The van der Waals surface area contributed by atoms with Gasteiger partial charge in [0.05, 0.1) is 5.56 Å². The number of hydrogen-bond donors (Lipinski definition) is 1. The number of carboxylic acids is 1. The number of hydrogen-bond acceptors (Lipinski definition) is 2. The Bertz CT molecular complexity index is 498. The van der Waals surface area contributed by atoms with Crippen LogP contribution in [0.2, 0.25) is 0 Å². The van der Waals surface area contributed by atoms with Gasteiger partial charge in [-0.15, -0.1) is 0 Å². The Hall–Kier alpha value is -1.91. The summed E-state index contributed by atoms with van der Waals surface area (Å²) < 4.78 is 13.7. The summed E-state index contributed by atoms with van der Waals surface area (Å²) in [6, 6.07) is 5.60. The number of nitrogens with zero attached hydrogens (tertiary/aromatic N) is 1. The summed E-state index contributed by atoms with van der Waals surface area (Å²) in [6.07, 6.45) is 4.63. The smallest absolute Gasteiger partial charge is 0.323 e. The largest absolute Gasteiger partial charge is 0.480 e. The SMILES string of the molecule is O=C(O)CN(C(=O)c1ccccc1F)C1CCCCC1. The molecular weight excluding hydrogens is 261 g/mol. The van der Waals surface area contributed by atoms with Gasteiger partial charge in [0.15, 0.2) is 0 Å². The lowest BCUT2D eigenvalue weighted by Crippen LogP contribution is -2.44. The summed E-state index contributed by atoms with van der Waals surface area (Å²) in [7, 11) is 0. The van der Waals surface area contributed by atoms with Crippen LogP contribution in [-0.4, -0.2) is 34.5 Å². The van der Waals surface area contributed by atoms with Crippen LogP contribution in [0.15, 0.2) is 24.3 Å². The molecule has 2 rings (SSSR count). The second kappa shape index (κ2) is 6.50. The third-order valence-corrected chi connectivity index (χ3v) is 3.69. The number of carbonyl (C=O) groups excluding carboxylic acids is 1. The minimum atomic E-state index is -1.07. The molecule has 5 heteroatoms. The molecule has 0 saturated heterocycles. The molecule has 1 N–H and O–H groups in total. The van der Waals surface area contributed by atoms with Crippen LogP contribution >= 0.6 is 0 Å². The molecule has 1 aromatic rings. The zero-order valence-corrected chi connectivity index (χ0v) is 11.2. The van der Waals surface area contributed by atoms with Crippen LogP contribution in [0.1, 0.15) is 42.5 Å². The molecule has 0 spiro atoms. The van der Waals surface area contributed by atoms with Crippen molar-refractivity contribution in [1.82, 2.24) is 4.90 Å². The number of amides is 1. The fraction of sp³-hybridized carbons (Fsp3) is 0.467. The van der Waals surface area contributed by atoms with E-state index >= 15 is 0 Å². The van der Waals surface area contributed by atoms with Gasteiger partial charge in [-0.25, -0.2) is 4.39 Å². The second-order valence-corrected chi connectivity index (χ2v) is 5.10. The number of halogens is 1. The van der Waals surface area contributed by atoms with Gasteiger partial charge in [0.1, 0.15) is 12.4 Å². The molecular formula is C15H18FNO3. The number of benzene rings is 1. The maximum absolute atomic E-state index is 13.7. The van der Waals surface area contributed by atoms with Gasteiger partial charge in [-0.1, -0.05) is 31.4 Å². The maximum Gasteiger partial charge on any atom is 0.323 e. The van der Waals surface area contributed by atoms with E-state index in [0.717, 1.165) is 32.1 Å². The van der Waals surface area contributed by atoms with Crippen molar-refractivity contribution in [3.63, 3.8) is 0 Å². The van der Waals surface area contributed by atoms with Crippen LogP contribution in [0.3, 0.4) is 0 Å². The van der Waals surface area contributed by atoms with Gasteiger partial charge in [0.2, 0.25) is 0 Å². The van der Waals surface area contributed by atoms with Crippen molar-refractivity contribution >= 4 is 11.9 Å². The van der Waals surface area contributed by atoms with E-state index < -0.39 is 17.7 Å². The van der Waals surface area contributed by atoms with E-state index in [4.69, 9.17) is 5.11 Å². The molecule has 20 heavy (non-hydrogen) atoms. The Morgan fingerprint density at radius 2 is 1.85 bits per heavy atom. The number of aliphatic carboxylic acids is 1. The molecule has 1 aliphatic rings. The van der Waals surface area contributed by atoms with E-state index in [9.17, 15) is 14.0 Å². The first-order valence-corrected chi connectivity index (χ1v) is 6.87. The Balaban J connectivity index is 2.23. The fourth-order valence-corrected chi connectivity index (χ4v) is 2.69. The Labute approximate surface area is 117 Å². The molecule has 1 saturated carbocycles. The summed E-state index contributed by atoms with van der Waals surface area (Å²) in [5, 5.41) is 8.99. The summed E-state index contributed by atoms with van der Waals surface area (Å²) in [5.74, 6) is -2.21. The van der Waals surface area contributed by atoms with E-state index in [2.05, 4.69) is 0 Å². The molecule has 0 aliphatic heterocycles. The zero-order valence-electron chi connectivity index (χ0n) is 11.2. The second-order valence-electron chi connectivity index (χ2n) is 5.10. The first-order valence-electron chi connectivity index (χ1n) is 6.87. The van der Waals surface area contributed by atoms with Gasteiger partial charge in [-0.05, 0) is 25.0 Å². The quantitative estimate of drug-likeness (QED) is 0.922. The van der Waals surface area contributed by atoms with Crippen LogP contribution in [0.4, 0.5) is 4.39 Å². The first kappa shape index (κ1) is 14.5. The van der Waals surface area contributed by atoms with Crippen molar-refractivity contribution in [2.45, 2.75) is 38.1 Å². The van der Waals surface area contributed by atoms with Crippen LogP contribution in [-0.2, 0) is 4.79 Å². The van der Waals surface area contributed by atoms with Gasteiger partial charge in [0.25, 0.3) is 5.91 Å². The van der Waals surface area contributed by atoms with Gasteiger partial charge in [0, 0.05) is 6.04 Å². The van der Waals surface area contributed by atoms with Crippen LogP contribution < -0.4 is 0 Å². The Morgan fingerprint density at radius 1 is 1.20 bits per heavy atom. The van der Waals surface area contributed by atoms with Crippen molar-refractivity contribution in [3.05, 3.63) is 35.6 Å². The van der Waals surface area contributed by atoms with E-state index in [1.54, 1.807) is 6.07 Å². The molecule has 1 aromatic carbocycles. The Kier molecular flexibility index (Phi) is 4.71. The van der Waals surface area contributed by atoms with Gasteiger partial charge < -0.3 is 10.0 Å². The summed E-state index contributed by atoms with van der Waals surface area (Å²) in [4.78, 5) is 24.7. The Morgan fingerprint density at radius 3 is 2.45 bits per heavy atom. The zero-order chi connectivity index (χ0) is 14.5. The normalized spacial score (nSPS) is 15.8. The number of carboxylic acid groups (broad SMARTS) is 1. The highest BCUT2D eigenvalue weighted by Crippen LogP contribution is 2.24. The number of carbonyl (C=O) groups is 2. The molecule has 0 radical (unpaired) electrons. The third kappa shape index (κ3) is 3.35. The lowest BCUT2D eigenvalue weighted by molar-refractivity contribution is -0.138. The van der Waals surface area contributed by atoms with E-state index in [-0.39, 0.29) is 18.2 Å². The summed E-state index contributed by atoms with van der Waals surface area (Å²) in [6.45, 7) is -0.377. The van der Waals surface area contributed by atoms with Gasteiger partial charge >= 0.3 is 5.97 Å². The highest BCUT2D eigenvalue weighted by molar-refractivity contribution is 5.96. The minimum absolute atomic E-state index is 0.0562. The summed E-state index contributed by atoms with van der Waals surface area (Å²) >= 11 is 0. The third-order valence-electron chi connectivity index (χ3n) is 3.69. The van der Waals surface area contributed by atoms with E-state index in [0.29, 0.717) is 0 Å². The number of rotatable bonds is 4. The van der Waals surface area contributed by atoms with Gasteiger partial charge in [-0.3, -0.25) is 9.59 Å². The van der Waals surface area contributed by atoms with Gasteiger partial charge in [-0.2, -0.15) is 0 Å². The van der Waals surface area contributed by atoms with E-state index in [1.807, 2.05) is 0 Å².